The van der Waals surface area contributed by atoms with E-state index in [-0.39, 0.29) is 11.8 Å². The maximum absolute atomic E-state index is 12.9. The number of carbonyl (C=O) groups is 1. The van der Waals surface area contributed by atoms with Gasteiger partial charge < -0.3 is 14.7 Å². The minimum absolute atomic E-state index is 0.188. The number of ether oxygens (including phenoxy) is 1. The van der Waals surface area contributed by atoms with Gasteiger partial charge in [-0.25, -0.2) is 4.68 Å². The molecular formula is C19H25N3O3. The molecule has 0 saturated carbocycles. The number of rotatable bonds is 5. The third kappa shape index (κ3) is 3.85. The first-order chi connectivity index (χ1) is 12.1. The molecule has 6 heteroatoms. The summed E-state index contributed by atoms with van der Waals surface area (Å²) in [6.45, 7) is 5.52. The van der Waals surface area contributed by atoms with Gasteiger partial charge in [0.1, 0.15) is 0 Å². The van der Waals surface area contributed by atoms with Crippen molar-refractivity contribution < 1.29 is 14.6 Å². The Kier molecular flexibility index (Phi) is 5.38. The molecule has 1 aromatic carbocycles. The molecule has 1 aromatic heterocycles. The second kappa shape index (κ2) is 7.70. The van der Waals surface area contributed by atoms with Gasteiger partial charge >= 0.3 is 0 Å². The lowest BCUT2D eigenvalue weighted by molar-refractivity contribution is 0.0243. The molecule has 2 atom stereocenters. The molecule has 1 N–H and O–H groups in total. The van der Waals surface area contributed by atoms with E-state index in [2.05, 4.69) is 5.10 Å². The Bertz CT molecular complexity index is 714. The van der Waals surface area contributed by atoms with Gasteiger partial charge in [0.05, 0.1) is 24.6 Å². The second-order valence-electron chi connectivity index (χ2n) is 6.56. The largest absolute Gasteiger partial charge is 0.489 e. The first-order valence-corrected chi connectivity index (χ1v) is 8.85. The van der Waals surface area contributed by atoms with E-state index in [9.17, 15) is 9.90 Å². The summed E-state index contributed by atoms with van der Waals surface area (Å²) in [4.78, 5) is 14.6. The van der Waals surface area contributed by atoms with Crippen LogP contribution in [-0.4, -0.2) is 51.5 Å². The van der Waals surface area contributed by atoms with Gasteiger partial charge in [-0.3, -0.25) is 4.79 Å². The van der Waals surface area contributed by atoms with Gasteiger partial charge in [0.15, 0.2) is 11.4 Å². The summed E-state index contributed by atoms with van der Waals surface area (Å²) in [5, 5.41) is 14.6. The van der Waals surface area contributed by atoms with E-state index in [1.807, 2.05) is 44.2 Å². The quantitative estimate of drug-likeness (QED) is 0.906. The van der Waals surface area contributed by atoms with Crippen LogP contribution in [0.2, 0.25) is 0 Å². The Balaban J connectivity index is 1.88. The molecule has 1 fully saturated rings. The molecule has 0 bridgehead atoms. The Morgan fingerprint density at radius 3 is 2.80 bits per heavy atom. The average molecular weight is 343 g/mol. The monoisotopic (exact) mass is 343 g/mol. The number of β-amino-alcohol motifs (C(OH)–C–C–N with tert-alkyl or cyclic N) is 1. The molecule has 0 spiro atoms. The standard InChI is InChI=1S/C19H25N3O3/c1-3-11-25-17-13-22(15-7-5-4-6-8-15)20-18(17)19(24)21-10-9-14(2)16(23)12-21/h4-8,13-14,16,23H,3,9-12H2,1-2H3. The third-order valence-corrected chi connectivity index (χ3v) is 4.57. The number of benzene rings is 1. The highest BCUT2D eigenvalue weighted by Crippen LogP contribution is 2.24. The molecule has 2 unspecified atom stereocenters. The van der Waals surface area contributed by atoms with Crippen LogP contribution in [0.1, 0.15) is 37.2 Å². The van der Waals surface area contributed by atoms with Crippen molar-refractivity contribution in [2.45, 2.75) is 32.8 Å². The molecule has 0 aliphatic carbocycles. The van der Waals surface area contributed by atoms with Crippen molar-refractivity contribution in [1.82, 2.24) is 14.7 Å². The van der Waals surface area contributed by atoms with Crippen molar-refractivity contribution in [3.63, 3.8) is 0 Å². The summed E-state index contributed by atoms with van der Waals surface area (Å²) in [6.07, 6.45) is 2.90. The highest BCUT2D eigenvalue weighted by molar-refractivity contribution is 5.95. The minimum Gasteiger partial charge on any atom is -0.489 e. The van der Waals surface area contributed by atoms with Crippen LogP contribution in [0.5, 0.6) is 5.75 Å². The van der Waals surface area contributed by atoms with E-state index >= 15 is 0 Å². The van der Waals surface area contributed by atoms with Gasteiger partial charge in [-0.1, -0.05) is 32.0 Å². The Morgan fingerprint density at radius 2 is 2.12 bits per heavy atom. The van der Waals surface area contributed by atoms with Crippen LogP contribution < -0.4 is 4.74 Å². The predicted octanol–water partition coefficient (Wildman–Crippen LogP) is 2.50. The highest BCUT2D eigenvalue weighted by atomic mass is 16.5. The highest BCUT2D eigenvalue weighted by Gasteiger charge is 2.31. The van der Waals surface area contributed by atoms with Crippen LogP contribution in [0.4, 0.5) is 0 Å². The normalized spacial score (nSPS) is 20.5. The summed E-state index contributed by atoms with van der Waals surface area (Å²) in [5.41, 5.74) is 1.18. The lowest BCUT2D eigenvalue weighted by atomic mass is 9.96. The van der Waals surface area contributed by atoms with Gasteiger partial charge in [0, 0.05) is 13.1 Å². The maximum Gasteiger partial charge on any atom is 0.278 e. The molecular weight excluding hydrogens is 318 g/mol. The van der Waals surface area contributed by atoms with E-state index in [0.29, 0.717) is 31.1 Å². The molecule has 2 heterocycles. The van der Waals surface area contributed by atoms with Crippen LogP contribution in [-0.2, 0) is 0 Å². The van der Waals surface area contributed by atoms with Crippen molar-refractivity contribution in [2.75, 3.05) is 19.7 Å². The second-order valence-corrected chi connectivity index (χ2v) is 6.56. The number of nitrogens with zero attached hydrogens (tertiary/aromatic N) is 3. The zero-order valence-electron chi connectivity index (χ0n) is 14.8. The first kappa shape index (κ1) is 17.5. The minimum atomic E-state index is -0.492. The number of carbonyl (C=O) groups excluding carboxylic acids is 1. The number of amides is 1. The van der Waals surface area contributed by atoms with Crippen molar-refractivity contribution in [2.24, 2.45) is 5.92 Å². The average Bonchev–Trinajstić information content (AvgIpc) is 3.06. The summed E-state index contributed by atoms with van der Waals surface area (Å²) in [6, 6.07) is 9.64. The van der Waals surface area contributed by atoms with Crippen LogP contribution in [0.15, 0.2) is 36.5 Å². The van der Waals surface area contributed by atoms with Crippen LogP contribution >= 0.6 is 0 Å². The van der Waals surface area contributed by atoms with Gasteiger partial charge in [0.2, 0.25) is 0 Å². The molecule has 1 amide bonds. The molecule has 1 saturated heterocycles. The fourth-order valence-corrected chi connectivity index (χ4v) is 2.92. The smallest absolute Gasteiger partial charge is 0.278 e. The summed E-state index contributed by atoms with van der Waals surface area (Å²) in [5.74, 6) is 0.511. The van der Waals surface area contributed by atoms with Gasteiger partial charge in [0.25, 0.3) is 5.91 Å². The number of para-hydroxylation sites is 1. The number of aliphatic hydroxyl groups excluding tert-OH is 1. The van der Waals surface area contributed by atoms with Gasteiger partial charge in [-0.2, -0.15) is 5.10 Å². The molecule has 0 radical (unpaired) electrons. The van der Waals surface area contributed by atoms with E-state index < -0.39 is 6.10 Å². The van der Waals surface area contributed by atoms with Crippen LogP contribution in [0.3, 0.4) is 0 Å². The number of hydrogen-bond donors (Lipinski definition) is 1. The third-order valence-electron chi connectivity index (χ3n) is 4.57. The topological polar surface area (TPSA) is 67.6 Å². The SMILES string of the molecule is CCCOc1cn(-c2ccccc2)nc1C(=O)N1CCC(C)C(O)C1. The molecule has 1 aliphatic heterocycles. The first-order valence-electron chi connectivity index (χ1n) is 8.85. The Labute approximate surface area is 148 Å². The summed E-state index contributed by atoms with van der Waals surface area (Å²) < 4.78 is 7.42. The van der Waals surface area contributed by atoms with Crippen LogP contribution in [0, 0.1) is 5.92 Å². The van der Waals surface area contributed by atoms with Crippen molar-refractivity contribution in [1.29, 1.82) is 0 Å². The number of piperidine rings is 1. The Hall–Kier alpha value is -2.34. The zero-order chi connectivity index (χ0) is 17.8. The Morgan fingerprint density at radius 1 is 1.36 bits per heavy atom. The number of likely N-dealkylation sites (tertiary alicyclic amines) is 1. The molecule has 6 nitrogen and oxygen atoms in total. The molecule has 2 aromatic rings. The van der Waals surface area contributed by atoms with Gasteiger partial charge in [-0.15, -0.1) is 0 Å². The number of aliphatic hydroxyl groups is 1. The molecule has 1 aliphatic rings. The summed E-state index contributed by atoms with van der Waals surface area (Å²) >= 11 is 0. The van der Waals surface area contributed by atoms with E-state index in [1.165, 1.54) is 0 Å². The molecule has 134 valence electrons. The van der Waals surface area contributed by atoms with E-state index in [1.54, 1.807) is 15.8 Å². The summed E-state index contributed by atoms with van der Waals surface area (Å²) in [7, 11) is 0. The van der Waals surface area contributed by atoms with E-state index in [4.69, 9.17) is 4.74 Å². The molecule has 3 rings (SSSR count). The van der Waals surface area contributed by atoms with Crippen molar-refractivity contribution in [3.05, 3.63) is 42.2 Å². The fourth-order valence-electron chi connectivity index (χ4n) is 2.92. The van der Waals surface area contributed by atoms with Crippen molar-refractivity contribution in [3.8, 4) is 11.4 Å². The van der Waals surface area contributed by atoms with Crippen molar-refractivity contribution >= 4 is 5.91 Å². The predicted molar refractivity (Wildman–Crippen MR) is 95.0 cm³/mol. The number of aromatic nitrogens is 2. The lowest BCUT2D eigenvalue weighted by Gasteiger charge is -2.33. The maximum atomic E-state index is 12.9. The van der Waals surface area contributed by atoms with Gasteiger partial charge in [-0.05, 0) is 30.9 Å². The number of hydrogen-bond acceptors (Lipinski definition) is 4. The van der Waals surface area contributed by atoms with Crippen LogP contribution in [0.25, 0.3) is 5.69 Å². The van der Waals surface area contributed by atoms with E-state index in [0.717, 1.165) is 18.5 Å². The fraction of sp³-hybridized carbons (Fsp3) is 0.474. The lowest BCUT2D eigenvalue weighted by Crippen LogP contribution is -2.46. The molecule has 25 heavy (non-hydrogen) atoms. The zero-order valence-corrected chi connectivity index (χ0v) is 14.8.